The third kappa shape index (κ3) is 3.80. The maximum atomic E-state index is 14.0. The molecule has 0 saturated heterocycles. The first-order valence-electron chi connectivity index (χ1n) is 11.2. The van der Waals surface area contributed by atoms with Gasteiger partial charge in [0.05, 0.1) is 39.4 Å². The van der Waals surface area contributed by atoms with E-state index in [-0.39, 0.29) is 18.7 Å². The van der Waals surface area contributed by atoms with E-state index < -0.39 is 6.04 Å². The molecule has 0 fully saturated rings. The Kier molecular flexibility index (Phi) is 5.46. The number of carbonyl (C=O) groups excluding carboxylic acids is 1. The van der Waals surface area contributed by atoms with Crippen molar-refractivity contribution in [1.29, 1.82) is 0 Å². The predicted octanol–water partition coefficient (Wildman–Crippen LogP) is 4.00. The van der Waals surface area contributed by atoms with Crippen molar-refractivity contribution in [3.05, 3.63) is 89.0 Å². The summed E-state index contributed by atoms with van der Waals surface area (Å²) in [5.74, 6) is 1.82. The van der Waals surface area contributed by atoms with Crippen LogP contribution in [0.25, 0.3) is 0 Å². The van der Waals surface area contributed by atoms with Crippen molar-refractivity contribution in [3.8, 4) is 17.2 Å². The Morgan fingerprint density at radius 2 is 1.67 bits per heavy atom. The van der Waals surface area contributed by atoms with Gasteiger partial charge in [-0.3, -0.25) is 4.79 Å². The molecular formula is C27H29N2O4+. The Hall–Kier alpha value is -3.51. The number of amides is 1. The minimum absolute atomic E-state index is 0.0455. The van der Waals surface area contributed by atoms with Crippen molar-refractivity contribution in [1.82, 2.24) is 5.32 Å². The zero-order chi connectivity index (χ0) is 23.0. The number of rotatable bonds is 5. The van der Waals surface area contributed by atoms with Crippen LogP contribution in [-0.2, 0) is 11.2 Å². The molecule has 2 aliphatic rings. The van der Waals surface area contributed by atoms with E-state index in [1.54, 1.807) is 7.11 Å². The van der Waals surface area contributed by atoms with Gasteiger partial charge < -0.3 is 24.0 Å². The number of benzene rings is 3. The zero-order valence-electron chi connectivity index (χ0n) is 19.2. The quantitative estimate of drug-likeness (QED) is 0.603. The summed E-state index contributed by atoms with van der Waals surface area (Å²) in [5, 5.41) is 3.35. The second kappa shape index (κ2) is 8.45. The van der Waals surface area contributed by atoms with Crippen LogP contribution in [0, 0.1) is 0 Å². The van der Waals surface area contributed by atoms with Crippen LogP contribution in [0.4, 0.5) is 0 Å². The second-order valence-corrected chi connectivity index (χ2v) is 9.13. The molecule has 0 aliphatic carbocycles. The summed E-state index contributed by atoms with van der Waals surface area (Å²) >= 11 is 0. The zero-order valence-corrected chi connectivity index (χ0v) is 19.2. The third-order valence-electron chi connectivity index (χ3n) is 6.68. The van der Waals surface area contributed by atoms with Crippen molar-refractivity contribution in [3.63, 3.8) is 0 Å². The Morgan fingerprint density at radius 1 is 1.03 bits per heavy atom. The fourth-order valence-electron chi connectivity index (χ4n) is 4.99. The molecule has 33 heavy (non-hydrogen) atoms. The van der Waals surface area contributed by atoms with Crippen LogP contribution in [-0.4, -0.2) is 44.9 Å². The smallest absolute Gasteiger partial charge is 0.284 e. The van der Waals surface area contributed by atoms with E-state index in [0.29, 0.717) is 21.7 Å². The van der Waals surface area contributed by atoms with Gasteiger partial charge in [-0.25, -0.2) is 0 Å². The van der Waals surface area contributed by atoms with Gasteiger partial charge in [-0.15, -0.1) is 0 Å². The minimum atomic E-state index is -0.451. The van der Waals surface area contributed by atoms with Gasteiger partial charge >= 0.3 is 0 Å². The molecule has 0 spiro atoms. The SMILES string of the molecule is COc1c2c(cc3c1C(C(=O)NC(c1ccccc1)c1ccccc1)[N+](C)(C)CC3)OCO2. The largest absolute Gasteiger partial charge is 0.492 e. The van der Waals surface area contributed by atoms with Crippen LogP contribution >= 0.6 is 0 Å². The van der Waals surface area contributed by atoms with Crippen LogP contribution < -0.4 is 19.5 Å². The molecule has 5 rings (SSSR count). The number of methoxy groups -OCH3 is 1. The highest BCUT2D eigenvalue weighted by molar-refractivity contribution is 5.85. The van der Waals surface area contributed by atoms with Crippen LogP contribution in [0.15, 0.2) is 66.7 Å². The number of fused-ring (bicyclic) bond motifs is 2. The maximum Gasteiger partial charge on any atom is 0.284 e. The van der Waals surface area contributed by atoms with E-state index in [9.17, 15) is 4.79 Å². The molecule has 0 bridgehead atoms. The standard InChI is InChI=1S/C27H28N2O4/c1-29(2)15-14-20-16-21-25(33-17-32-21)26(31-3)22(20)24(29)27(30)28-23(18-10-6-4-7-11-18)19-12-8-5-9-13-19/h4-13,16,23-24H,14-15,17H2,1-3H3/p+1. The Balaban J connectivity index is 1.58. The molecule has 1 atom stereocenters. The average molecular weight is 446 g/mol. The second-order valence-electron chi connectivity index (χ2n) is 9.13. The van der Waals surface area contributed by atoms with Gasteiger partial charge in [-0.05, 0) is 22.8 Å². The fourth-order valence-corrected chi connectivity index (χ4v) is 4.99. The first-order valence-corrected chi connectivity index (χ1v) is 11.2. The van der Waals surface area contributed by atoms with Crippen LogP contribution in [0.1, 0.15) is 34.3 Å². The molecule has 3 aromatic carbocycles. The van der Waals surface area contributed by atoms with E-state index in [0.717, 1.165) is 35.2 Å². The summed E-state index contributed by atoms with van der Waals surface area (Å²) in [7, 11) is 5.81. The summed E-state index contributed by atoms with van der Waals surface area (Å²) < 4.78 is 17.7. The molecule has 2 heterocycles. The number of hydrogen-bond acceptors (Lipinski definition) is 4. The Morgan fingerprint density at radius 3 is 2.27 bits per heavy atom. The number of ether oxygens (including phenoxy) is 3. The Labute approximate surface area is 194 Å². The van der Waals surface area contributed by atoms with Crippen LogP contribution in [0.2, 0.25) is 0 Å². The lowest BCUT2D eigenvalue weighted by Gasteiger charge is -2.42. The highest BCUT2D eigenvalue weighted by Gasteiger charge is 2.46. The summed E-state index contributed by atoms with van der Waals surface area (Å²) in [6.07, 6.45) is 0.833. The maximum absolute atomic E-state index is 14.0. The monoisotopic (exact) mass is 445 g/mol. The molecule has 1 unspecified atom stereocenters. The van der Waals surface area contributed by atoms with Crippen molar-refractivity contribution < 1.29 is 23.5 Å². The summed E-state index contributed by atoms with van der Waals surface area (Å²) in [4.78, 5) is 14.0. The Bertz CT molecular complexity index is 1120. The lowest BCUT2D eigenvalue weighted by molar-refractivity contribution is -0.913. The summed E-state index contributed by atoms with van der Waals surface area (Å²) in [6.45, 7) is 0.989. The van der Waals surface area contributed by atoms with Gasteiger partial charge in [0.25, 0.3) is 5.91 Å². The lowest BCUT2D eigenvalue weighted by Crippen LogP contribution is -2.54. The highest BCUT2D eigenvalue weighted by atomic mass is 16.7. The number of nitrogens with one attached hydrogen (secondary N) is 1. The molecule has 6 nitrogen and oxygen atoms in total. The summed E-state index contributed by atoms with van der Waals surface area (Å²) in [6, 6.07) is 21.4. The number of likely N-dealkylation sites (N-methyl/N-ethyl adjacent to an activating group) is 1. The fraction of sp³-hybridized carbons (Fsp3) is 0.296. The van der Waals surface area contributed by atoms with E-state index in [1.807, 2.05) is 66.7 Å². The van der Waals surface area contributed by atoms with Gasteiger partial charge in [0.2, 0.25) is 12.5 Å². The molecule has 0 radical (unpaired) electrons. The molecule has 6 heteroatoms. The molecule has 2 aliphatic heterocycles. The highest BCUT2D eigenvalue weighted by Crippen LogP contribution is 2.50. The van der Waals surface area contributed by atoms with Gasteiger partial charge in [0, 0.05) is 6.42 Å². The van der Waals surface area contributed by atoms with Crippen LogP contribution in [0.5, 0.6) is 17.2 Å². The topological polar surface area (TPSA) is 56.8 Å². The van der Waals surface area contributed by atoms with Gasteiger partial charge in [-0.1, -0.05) is 60.7 Å². The van der Waals surface area contributed by atoms with Crippen molar-refractivity contribution in [2.45, 2.75) is 18.5 Å². The molecular weight excluding hydrogens is 416 g/mol. The van der Waals surface area contributed by atoms with Crippen molar-refractivity contribution in [2.24, 2.45) is 0 Å². The minimum Gasteiger partial charge on any atom is -0.492 e. The lowest BCUT2D eigenvalue weighted by atomic mass is 9.88. The van der Waals surface area contributed by atoms with E-state index >= 15 is 0 Å². The number of quaternary nitrogens is 1. The molecule has 170 valence electrons. The predicted molar refractivity (Wildman–Crippen MR) is 125 cm³/mol. The average Bonchev–Trinajstić information content (AvgIpc) is 3.30. The molecule has 0 aromatic heterocycles. The van der Waals surface area contributed by atoms with Gasteiger partial charge in [0.15, 0.2) is 17.5 Å². The third-order valence-corrected chi connectivity index (χ3v) is 6.68. The van der Waals surface area contributed by atoms with E-state index in [2.05, 4.69) is 19.4 Å². The normalized spacial score (nSPS) is 18.0. The summed E-state index contributed by atoms with van der Waals surface area (Å²) in [5.41, 5.74) is 4.03. The van der Waals surface area contributed by atoms with E-state index in [4.69, 9.17) is 14.2 Å². The number of carbonyl (C=O) groups is 1. The first-order chi connectivity index (χ1) is 16.0. The van der Waals surface area contributed by atoms with Crippen molar-refractivity contribution >= 4 is 5.91 Å². The van der Waals surface area contributed by atoms with E-state index in [1.165, 1.54) is 0 Å². The van der Waals surface area contributed by atoms with Gasteiger partial charge in [-0.2, -0.15) is 0 Å². The van der Waals surface area contributed by atoms with Gasteiger partial charge in [0.1, 0.15) is 0 Å². The van der Waals surface area contributed by atoms with Crippen LogP contribution in [0.3, 0.4) is 0 Å². The number of nitrogens with zero attached hydrogens (tertiary/aromatic N) is 1. The molecule has 3 aromatic rings. The molecule has 1 N–H and O–H groups in total. The first kappa shape index (κ1) is 21.3. The number of hydrogen-bond donors (Lipinski definition) is 1. The molecule has 1 amide bonds. The molecule has 0 saturated carbocycles. The van der Waals surface area contributed by atoms with Crippen molar-refractivity contribution in [2.75, 3.05) is 34.5 Å².